The van der Waals surface area contributed by atoms with Crippen molar-refractivity contribution in [1.29, 1.82) is 0 Å². The maximum atomic E-state index is 12.5. The van der Waals surface area contributed by atoms with Crippen molar-refractivity contribution < 1.29 is 9.50 Å². The minimum atomic E-state index is -0.492. The van der Waals surface area contributed by atoms with E-state index in [1.807, 2.05) is 0 Å². The van der Waals surface area contributed by atoms with E-state index in [9.17, 15) is 9.50 Å². The Morgan fingerprint density at radius 1 is 1.40 bits per heavy atom. The maximum absolute atomic E-state index is 12.5. The highest BCUT2D eigenvalue weighted by Crippen LogP contribution is 2.46. The molecule has 1 aliphatic carbocycles. The fraction of sp³-hybridized carbons (Fsp3) is 0.500. The molecule has 3 heteroatoms. The summed E-state index contributed by atoms with van der Waals surface area (Å²) in [6.07, 6.45) is 3.12. The summed E-state index contributed by atoms with van der Waals surface area (Å²) < 4.78 is 12.5. The predicted molar refractivity (Wildman–Crippen MR) is 57.5 cm³/mol. The number of alkyl halides is 1. The van der Waals surface area contributed by atoms with Crippen molar-refractivity contribution in [2.24, 2.45) is 5.73 Å². The molecule has 0 bridgehead atoms. The van der Waals surface area contributed by atoms with Crippen LogP contribution in [0, 0.1) is 0 Å². The molecule has 82 valence electrons. The SMILES string of the molecule is NCC1(c2cc(CF)ccc2O)CCC1. The Morgan fingerprint density at radius 2 is 2.13 bits per heavy atom. The summed E-state index contributed by atoms with van der Waals surface area (Å²) in [7, 11) is 0. The molecule has 0 aliphatic heterocycles. The van der Waals surface area contributed by atoms with Crippen molar-refractivity contribution >= 4 is 0 Å². The second-order valence-corrected chi connectivity index (χ2v) is 4.32. The first kappa shape index (κ1) is 10.4. The molecule has 1 aromatic carbocycles. The molecule has 0 aromatic heterocycles. The second kappa shape index (κ2) is 3.81. The first-order valence-corrected chi connectivity index (χ1v) is 5.30. The average Bonchev–Trinajstić information content (AvgIpc) is 2.20. The number of aromatic hydroxyl groups is 1. The van der Waals surface area contributed by atoms with Gasteiger partial charge in [0.05, 0.1) is 0 Å². The molecule has 0 amide bonds. The molecule has 0 radical (unpaired) electrons. The van der Waals surface area contributed by atoms with E-state index in [0.29, 0.717) is 12.1 Å². The lowest BCUT2D eigenvalue weighted by Crippen LogP contribution is -2.41. The van der Waals surface area contributed by atoms with E-state index in [-0.39, 0.29) is 11.2 Å². The van der Waals surface area contributed by atoms with Gasteiger partial charge in [-0.3, -0.25) is 0 Å². The minimum absolute atomic E-state index is 0.102. The van der Waals surface area contributed by atoms with Crippen molar-refractivity contribution in [2.75, 3.05) is 6.54 Å². The van der Waals surface area contributed by atoms with Crippen molar-refractivity contribution in [1.82, 2.24) is 0 Å². The summed E-state index contributed by atoms with van der Waals surface area (Å²) >= 11 is 0. The number of phenols is 1. The van der Waals surface area contributed by atoms with Gasteiger partial charge in [-0.15, -0.1) is 0 Å². The van der Waals surface area contributed by atoms with Gasteiger partial charge in [-0.25, -0.2) is 4.39 Å². The van der Waals surface area contributed by atoms with Crippen LogP contribution in [0.15, 0.2) is 18.2 Å². The van der Waals surface area contributed by atoms with E-state index >= 15 is 0 Å². The second-order valence-electron chi connectivity index (χ2n) is 4.32. The van der Waals surface area contributed by atoms with Crippen LogP contribution in [0.2, 0.25) is 0 Å². The third-order valence-electron chi connectivity index (χ3n) is 3.49. The first-order valence-electron chi connectivity index (χ1n) is 5.30. The van der Waals surface area contributed by atoms with Gasteiger partial charge in [0.25, 0.3) is 0 Å². The van der Waals surface area contributed by atoms with Gasteiger partial charge in [0.2, 0.25) is 0 Å². The number of rotatable bonds is 3. The molecule has 1 aliphatic rings. The molecule has 2 rings (SSSR count). The molecule has 0 atom stereocenters. The van der Waals surface area contributed by atoms with Crippen LogP contribution in [0.4, 0.5) is 4.39 Å². The molecule has 1 fully saturated rings. The Hall–Kier alpha value is -1.09. The van der Waals surface area contributed by atoms with E-state index in [1.54, 1.807) is 18.2 Å². The largest absolute Gasteiger partial charge is 0.508 e. The topological polar surface area (TPSA) is 46.2 Å². The van der Waals surface area contributed by atoms with Crippen LogP contribution in [0.5, 0.6) is 5.75 Å². The molecule has 3 N–H and O–H groups in total. The molecule has 0 spiro atoms. The van der Waals surface area contributed by atoms with Crippen LogP contribution in [-0.4, -0.2) is 11.7 Å². The molecule has 0 unspecified atom stereocenters. The van der Waals surface area contributed by atoms with Crippen LogP contribution >= 0.6 is 0 Å². The van der Waals surface area contributed by atoms with Crippen LogP contribution in [-0.2, 0) is 12.1 Å². The zero-order chi connectivity index (χ0) is 10.9. The highest BCUT2D eigenvalue weighted by molar-refractivity contribution is 5.43. The molecule has 1 aromatic rings. The first-order chi connectivity index (χ1) is 7.22. The van der Waals surface area contributed by atoms with Gasteiger partial charge in [0.1, 0.15) is 12.4 Å². The number of nitrogens with two attached hydrogens (primary N) is 1. The molecule has 0 saturated heterocycles. The van der Waals surface area contributed by atoms with Gasteiger partial charge in [-0.1, -0.05) is 12.5 Å². The standard InChI is InChI=1S/C12H16FNO/c13-7-9-2-3-11(15)10(6-9)12(8-14)4-1-5-12/h2-3,6,15H,1,4-5,7-8,14H2. The highest BCUT2D eigenvalue weighted by atomic mass is 19.1. The summed E-state index contributed by atoms with van der Waals surface area (Å²) in [4.78, 5) is 0. The lowest BCUT2D eigenvalue weighted by Gasteiger charge is -2.41. The molecule has 15 heavy (non-hydrogen) atoms. The summed E-state index contributed by atoms with van der Waals surface area (Å²) in [6.45, 7) is 0.0320. The molecule has 0 heterocycles. The Kier molecular flexibility index (Phi) is 2.65. The third-order valence-corrected chi connectivity index (χ3v) is 3.49. The molecular weight excluding hydrogens is 193 g/mol. The highest BCUT2D eigenvalue weighted by Gasteiger charge is 2.39. The van der Waals surface area contributed by atoms with E-state index in [0.717, 1.165) is 24.8 Å². The fourth-order valence-electron chi connectivity index (χ4n) is 2.28. The van der Waals surface area contributed by atoms with E-state index in [4.69, 9.17) is 5.73 Å². The zero-order valence-electron chi connectivity index (χ0n) is 8.67. The minimum Gasteiger partial charge on any atom is -0.508 e. The Bertz CT molecular complexity index is 355. The average molecular weight is 209 g/mol. The maximum Gasteiger partial charge on any atom is 0.119 e. The smallest absolute Gasteiger partial charge is 0.119 e. The van der Waals surface area contributed by atoms with Gasteiger partial charge in [-0.05, 0) is 30.5 Å². The Labute approximate surface area is 88.9 Å². The van der Waals surface area contributed by atoms with Gasteiger partial charge < -0.3 is 10.8 Å². The van der Waals surface area contributed by atoms with Crippen molar-refractivity contribution in [3.63, 3.8) is 0 Å². The monoisotopic (exact) mass is 209 g/mol. The molecular formula is C12H16FNO. The molecule has 2 nitrogen and oxygen atoms in total. The van der Waals surface area contributed by atoms with Gasteiger partial charge in [0.15, 0.2) is 0 Å². The number of phenolic OH excluding ortho intramolecular Hbond substituents is 1. The van der Waals surface area contributed by atoms with E-state index < -0.39 is 6.67 Å². The number of hydrogen-bond acceptors (Lipinski definition) is 2. The van der Waals surface area contributed by atoms with Crippen molar-refractivity contribution in [3.05, 3.63) is 29.3 Å². The van der Waals surface area contributed by atoms with Crippen LogP contribution in [0.1, 0.15) is 30.4 Å². The predicted octanol–water partition coefficient (Wildman–Crippen LogP) is 2.24. The number of halogens is 1. The summed E-state index contributed by atoms with van der Waals surface area (Å²) in [5.74, 6) is 0.248. The van der Waals surface area contributed by atoms with Gasteiger partial charge >= 0.3 is 0 Å². The summed E-state index contributed by atoms with van der Waals surface area (Å²) in [5, 5.41) is 9.78. The van der Waals surface area contributed by atoms with Crippen LogP contribution in [0.25, 0.3) is 0 Å². The normalized spacial score (nSPS) is 18.5. The van der Waals surface area contributed by atoms with Gasteiger partial charge in [0, 0.05) is 17.5 Å². The summed E-state index contributed by atoms with van der Waals surface area (Å²) in [5.41, 5.74) is 7.09. The summed E-state index contributed by atoms with van der Waals surface area (Å²) in [6, 6.07) is 4.93. The third kappa shape index (κ3) is 1.61. The van der Waals surface area contributed by atoms with Gasteiger partial charge in [-0.2, -0.15) is 0 Å². The van der Waals surface area contributed by atoms with Crippen molar-refractivity contribution in [2.45, 2.75) is 31.4 Å². The molecule has 1 saturated carbocycles. The van der Waals surface area contributed by atoms with E-state index in [2.05, 4.69) is 0 Å². The van der Waals surface area contributed by atoms with Crippen LogP contribution < -0.4 is 5.73 Å². The lowest BCUT2D eigenvalue weighted by atomic mass is 9.64. The Morgan fingerprint density at radius 3 is 2.60 bits per heavy atom. The van der Waals surface area contributed by atoms with Crippen LogP contribution in [0.3, 0.4) is 0 Å². The quantitative estimate of drug-likeness (QED) is 0.802. The lowest BCUT2D eigenvalue weighted by molar-refractivity contribution is 0.244. The number of benzene rings is 1. The zero-order valence-corrected chi connectivity index (χ0v) is 8.67. The fourth-order valence-corrected chi connectivity index (χ4v) is 2.28. The van der Waals surface area contributed by atoms with E-state index in [1.165, 1.54) is 0 Å². The van der Waals surface area contributed by atoms with Crippen molar-refractivity contribution in [3.8, 4) is 5.75 Å². The Balaban J connectivity index is 2.41. The number of hydrogen-bond donors (Lipinski definition) is 2.